The number of carbonyl (C=O) groups excluding carboxylic acids is 1. The highest BCUT2D eigenvalue weighted by molar-refractivity contribution is 5.81. The molecule has 126 valence electrons. The molecule has 1 N–H and O–H groups in total. The third kappa shape index (κ3) is 7.10. The van der Waals surface area contributed by atoms with Gasteiger partial charge in [0.1, 0.15) is 0 Å². The van der Waals surface area contributed by atoms with Crippen LogP contribution in [0, 0.1) is 11.8 Å². The number of carboxylic acids is 1. The topological polar surface area (TPSA) is 63.6 Å². The van der Waals surface area contributed by atoms with Crippen LogP contribution >= 0.6 is 0 Å². The Morgan fingerprint density at radius 3 is 2.32 bits per heavy atom. The van der Waals surface area contributed by atoms with E-state index in [1.807, 2.05) is 0 Å². The highest BCUT2D eigenvalue weighted by atomic mass is 16.5. The SMILES string of the molecule is CCCCC/C=C/CCCOC(=O)C1CCCCC1C(=O)O. The van der Waals surface area contributed by atoms with Crippen LogP contribution in [0.15, 0.2) is 12.2 Å². The second kappa shape index (κ2) is 11.3. The maximum absolute atomic E-state index is 12.0. The number of ether oxygens (including phenoxy) is 1. The predicted molar refractivity (Wildman–Crippen MR) is 86.6 cm³/mol. The van der Waals surface area contributed by atoms with Gasteiger partial charge >= 0.3 is 11.9 Å². The van der Waals surface area contributed by atoms with E-state index < -0.39 is 17.8 Å². The Hall–Kier alpha value is -1.32. The van der Waals surface area contributed by atoms with Gasteiger partial charge in [-0.3, -0.25) is 9.59 Å². The number of unbranched alkanes of at least 4 members (excludes halogenated alkanes) is 4. The summed E-state index contributed by atoms with van der Waals surface area (Å²) >= 11 is 0. The van der Waals surface area contributed by atoms with Gasteiger partial charge in [-0.25, -0.2) is 0 Å². The number of carboxylic acid groups (broad SMARTS) is 1. The lowest BCUT2D eigenvalue weighted by molar-refractivity contribution is -0.159. The molecule has 0 heterocycles. The van der Waals surface area contributed by atoms with Gasteiger partial charge in [-0.05, 0) is 38.5 Å². The molecule has 0 aromatic rings. The van der Waals surface area contributed by atoms with Crippen LogP contribution in [-0.2, 0) is 14.3 Å². The number of allylic oxidation sites excluding steroid dienone is 2. The monoisotopic (exact) mass is 310 g/mol. The summed E-state index contributed by atoms with van der Waals surface area (Å²) in [7, 11) is 0. The zero-order chi connectivity index (χ0) is 16.2. The molecule has 0 amide bonds. The minimum absolute atomic E-state index is 0.320. The van der Waals surface area contributed by atoms with E-state index in [1.165, 1.54) is 19.3 Å². The van der Waals surface area contributed by atoms with Crippen LogP contribution in [-0.4, -0.2) is 23.7 Å². The van der Waals surface area contributed by atoms with E-state index >= 15 is 0 Å². The number of hydrogen-bond acceptors (Lipinski definition) is 3. The summed E-state index contributed by atoms with van der Waals surface area (Å²) in [6.07, 6.45) is 14.0. The zero-order valence-electron chi connectivity index (χ0n) is 13.8. The van der Waals surface area contributed by atoms with Crippen LogP contribution in [0.25, 0.3) is 0 Å². The maximum atomic E-state index is 12.0. The van der Waals surface area contributed by atoms with E-state index in [9.17, 15) is 14.7 Å². The van der Waals surface area contributed by atoms with Crippen molar-refractivity contribution in [2.24, 2.45) is 11.8 Å². The molecule has 22 heavy (non-hydrogen) atoms. The van der Waals surface area contributed by atoms with Crippen LogP contribution in [0.5, 0.6) is 0 Å². The van der Waals surface area contributed by atoms with Gasteiger partial charge in [-0.15, -0.1) is 0 Å². The summed E-state index contributed by atoms with van der Waals surface area (Å²) in [5, 5.41) is 9.17. The first-order valence-corrected chi connectivity index (χ1v) is 8.71. The average Bonchev–Trinajstić information content (AvgIpc) is 2.53. The summed E-state index contributed by atoms with van der Waals surface area (Å²) in [5.74, 6) is -2.19. The van der Waals surface area contributed by atoms with Crippen molar-refractivity contribution in [3.63, 3.8) is 0 Å². The Morgan fingerprint density at radius 1 is 1.05 bits per heavy atom. The summed E-state index contributed by atoms with van der Waals surface area (Å²) in [6, 6.07) is 0. The molecule has 0 saturated heterocycles. The van der Waals surface area contributed by atoms with Crippen LogP contribution in [0.2, 0.25) is 0 Å². The van der Waals surface area contributed by atoms with E-state index in [1.54, 1.807) is 0 Å². The molecule has 1 fully saturated rings. The van der Waals surface area contributed by atoms with E-state index in [0.717, 1.165) is 32.1 Å². The molecular weight excluding hydrogens is 280 g/mol. The van der Waals surface area contributed by atoms with Crippen molar-refractivity contribution in [1.29, 1.82) is 0 Å². The highest BCUT2D eigenvalue weighted by Crippen LogP contribution is 2.31. The number of rotatable bonds is 10. The lowest BCUT2D eigenvalue weighted by Gasteiger charge is -2.26. The summed E-state index contributed by atoms with van der Waals surface area (Å²) in [5.41, 5.74) is 0. The first kappa shape index (κ1) is 18.7. The van der Waals surface area contributed by atoms with Gasteiger partial charge in [-0.1, -0.05) is 44.8 Å². The number of aliphatic carboxylic acids is 1. The average molecular weight is 310 g/mol. The van der Waals surface area contributed by atoms with Crippen molar-refractivity contribution < 1.29 is 19.4 Å². The molecule has 0 radical (unpaired) electrons. The fourth-order valence-electron chi connectivity index (χ4n) is 2.94. The van der Waals surface area contributed by atoms with Gasteiger partial charge in [-0.2, -0.15) is 0 Å². The predicted octanol–water partition coefficient (Wildman–Crippen LogP) is 4.34. The molecule has 0 aromatic carbocycles. The van der Waals surface area contributed by atoms with Crippen LogP contribution in [0.1, 0.15) is 71.1 Å². The summed E-state index contributed by atoms with van der Waals surface area (Å²) in [4.78, 5) is 23.2. The van der Waals surface area contributed by atoms with Gasteiger partial charge in [0.15, 0.2) is 0 Å². The van der Waals surface area contributed by atoms with E-state index in [0.29, 0.717) is 19.4 Å². The molecule has 0 aromatic heterocycles. The molecule has 0 spiro atoms. The highest BCUT2D eigenvalue weighted by Gasteiger charge is 2.36. The van der Waals surface area contributed by atoms with Gasteiger partial charge in [0.25, 0.3) is 0 Å². The van der Waals surface area contributed by atoms with Crippen molar-refractivity contribution in [3.8, 4) is 0 Å². The van der Waals surface area contributed by atoms with Crippen molar-refractivity contribution in [2.45, 2.75) is 71.1 Å². The number of hydrogen-bond donors (Lipinski definition) is 1. The summed E-state index contributed by atoms with van der Waals surface area (Å²) < 4.78 is 5.27. The smallest absolute Gasteiger partial charge is 0.309 e. The fraction of sp³-hybridized carbons (Fsp3) is 0.778. The van der Waals surface area contributed by atoms with E-state index in [2.05, 4.69) is 19.1 Å². The van der Waals surface area contributed by atoms with Crippen LogP contribution in [0.4, 0.5) is 0 Å². The normalized spacial score (nSPS) is 21.9. The molecule has 2 atom stereocenters. The van der Waals surface area contributed by atoms with Crippen molar-refractivity contribution in [1.82, 2.24) is 0 Å². The fourth-order valence-corrected chi connectivity index (χ4v) is 2.94. The Labute approximate surface area is 133 Å². The zero-order valence-corrected chi connectivity index (χ0v) is 13.8. The molecule has 1 aliphatic rings. The van der Waals surface area contributed by atoms with E-state index in [4.69, 9.17) is 4.74 Å². The Morgan fingerprint density at radius 2 is 1.68 bits per heavy atom. The largest absolute Gasteiger partial charge is 0.481 e. The molecular formula is C18H30O4. The third-order valence-corrected chi connectivity index (χ3v) is 4.29. The lowest BCUT2D eigenvalue weighted by atomic mass is 9.79. The molecule has 2 unspecified atom stereocenters. The molecule has 1 aliphatic carbocycles. The van der Waals surface area contributed by atoms with Crippen molar-refractivity contribution >= 4 is 11.9 Å². The molecule has 0 aliphatic heterocycles. The van der Waals surface area contributed by atoms with Crippen molar-refractivity contribution in [2.75, 3.05) is 6.61 Å². The Balaban J connectivity index is 2.15. The van der Waals surface area contributed by atoms with Crippen LogP contribution < -0.4 is 0 Å². The number of carbonyl (C=O) groups is 2. The first-order chi connectivity index (χ1) is 10.7. The molecule has 1 rings (SSSR count). The minimum atomic E-state index is -0.864. The Kier molecular flexibility index (Phi) is 9.60. The van der Waals surface area contributed by atoms with Gasteiger partial charge in [0.2, 0.25) is 0 Å². The summed E-state index contributed by atoms with van der Waals surface area (Å²) in [6.45, 7) is 2.58. The van der Waals surface area contributed by atoms with Gasteiger partial charge in [0, 0.05) is 0 Å². The van der Waals surface area contributed by atoms with Gasteiger partial charge in [0.05, 0.1) is 18.4 Å². The standard InChI is InChI=1S/C18H30O4/c1-2-3-4-5-6-7-8-11-14-22-18(21)16-13-10-9-12-15(16)17(19)20/h6-7,15-16H,2-5,8-14H2,1H3,(H,19,20)/b7-6+. The Bertz CT molecular complexity index is 362. The quantitative estimate of drug-likeness (QED) is 0.370. The second-order valence-corrected chi connectivity index (χ2v) is 6.11. The second-order valence-electron chi connectivity index (χ2n) is 6.11. The molecule has 4 heteroatoms. The number of esters is 1. The van der Waals surface area contributed by atoms with Gasteiger partial charge < -0.3 is 9.84 Å². The third-order valence-electron chi connectivity index (χ3n) is 4.29. The minimum Gasteiger partial charge on any atom is -0.481 e. The lowest BCUT2D eigenvalue weighted by Crippen LogP contribution is -2.33. The van der Waals surface area contributed by atoms with E-state index in [-0.39, 0.29) is 5.97 Å². The molecule has 0 bridgehead atoms. The van der Waals surface area contributed by atoms with Crippen LogP contribution in [0.3, 0.4) is 0 Å². The first-order valence-electron chi connectivity index (χ1n) is 8.71. The maximum Gasteiger partial charge on any atom is 0.309 e. The molecule has 1 saturated carbocycles. The molecule has 4 nitrogen and oxygen atoms in total. The van der Waals surface area contributed by atoms with Crippen molar-refractivity contribution in [3.05, 3.63) is 12.2 Å².